The fourth-order valence-corrected chi connectivity index (χ4v) is 4.29. The van der Waals surface area contributed by atoms with Crippen molar-refractivity contribution in [1.29, 1.82) is 0 Å². The highest BCUT2D eigenvalue weighted by molar-refractivity contribution is 5.89. The van der Waals surface area contributed by atoms with Crippen LogP contribution in [0, 0.1) is 5.92 Å². The van der Waals surface area contributed by atoms with Gasteiger partial charge in [0.25, 0.3) is 0 Å². The van der Waals surface area contributed by atoms with Crippen LogP contribution in [-0.4, -0.2) is 87.0 Å². The molecule has 2 aliphatic rings. The lowest BCUT2D eigenvalue weighted by Gasteiger charge is -2.37. The lowest BCUT2D eigenvalue weighted by Crippen LogP contribution is -2.49. The molecule has 29 heavy (non-hydrogen) atoms. The van der Waals surface area contributed by atoms with Crippen molar-refractivity contribution < 1.29 is 19.1 Å². The summed E-state index contributed by atoms with van der Waals surface area (Å²) in [6, 6.07) is 6.21. The van der Waals surface area contributed by atoms with E-state index in [2.05, 4.69) is 19.0 Å². The third-order valence-electron chi connectivity index (χ3n) is 6.12. The van der Waals surface area contributed by atoms with Gasteiger partial charge >= 0.3 is 0 Å². The van der Waals surface area contributed by atoms with E-state index in [0.717, 1.165) is 37.9 Å². The summed E-state index contributed by atoms with van der Waals surface area (Å²) < 4.78 is 10.6. The highest BCUT2D eigenvalue weighted by Crippen LogP contribution is 2.28. The van der Waals surface area contributed by atoms with Gasteiger partial charge in [0.2, 0.25) is 11.8 Å². The molecule has 2 unspecified atom stereocenters. The summed E-state index contributed by atoms with van der Waals surface area (Å²) in [4.78, 5) is 31.5. The minimum absolute atomic E-state index is 0.0741. The molecule has 0 bridgehead atoms. The maximum Gasteiger partial charge on any atom is 0.228 e. The largest absolute Gasteiger partial charge is 0.493 e. The smallest absolute Gasteiger partial charge is 0.228 e. The Hall–Kier alpha value is -2.28. The van der Waals surface area contributed by atoms with E-state index in [1.807, 2.05) is 28.0 Å². The molecule has 2 fully saturated rings. The van der Waals surface area contributed by atoms with Crippen molar-refractivity contribution in [3.05, 3.63) is 23.8 Å². The summed E-state index contributed by atoms with van der Waals surface area (Å²) >= 11 is 0. The van der Waals surface area contributed by atoms with Gasteiger partial charge in [-0.05, 0) is 51.1 Å². The van der Waals surface area contributed by atoms with Crippen LogP contribution in [0.15, 0.2) is 18.2 Å². The normalized spacial score (nSPS) is 22.3. The maximum absolute atomic E-state index is 13.0. The second kappa shape index (κ2) is 9.48. The van der Waals surface area contributed by atoms with E-state index in [-0.39, 0.29) is 17.7 Å². The Morgan fingerprint density at radius 2 is 1.93 bits per heavy atom. The third-order valence-corrected chi connectivity index (χ3v) is 6.12. The second-order valence-electron chi connectivity index (χ2n) is 8.22. The Morgan fingerprint density at radius 1 is 1.17 bits per heavy atom. The molecule has 2 saturated heterocycles. The number of likely N-dealkylation sites (N-methyl/N-ethyl adjacent to an activating group) is 1. The zero-order valence-corrected chi connectivity index (χ0v) is 18.0. The third kappa shape index (κ3) is 5.01. The van der Waals surface area contributed by atoms with Gasteiger partial charge in [-0.15, -0.1) is 0 Å². The molecule has 2 amide bonds. The van der Waals surface area contributed by atoms with Gasteiger partial charge in [0.05, 0.1) is 20.1 Å². The van der Waals surface area contributed by atoms with E-state index in [4.69, 9.17) is 9.47 Å². The number of hydrogen-bond acceptors (Lipinski definition) is 5. The fraction of sp³-hybridized carbons (Fsp3) is 0.636. The number of methoxy groups -OCH3 is 2. The van der Waals surface area contributed by atoms with Crippen molar-refractivity contribution in [2.24, 2.45) is 5.92 Å². The molecule has 7 nitrogen and oxygen atoms in total. The van der Waals surface area contributed by atoms with Crippen molar-refractivity contribution in [2.75, 3.05) is 54.5 Å². The van der Waals surface area contributed by atoms with Gasteiger partial charge in [0, 0.05) is 38.6 Å². The average molecular weight is 404 g/mol. The molecule has 0 aliphatic carbocycles. The molecule has 2 heterocycles. The first kappa shape index (κ1) is 21.4. The predicted molar refractivity (Wildman–Crippen MR) is 111 cm³/mol. The molecule has 7 heteroatoms. The number of carbonyl (C=O) groups excluding carboxylic acids is 2. The van der Waals surface area contributed by atoms with Crippen LogP contribution in [0.2, 0.25) is 0 Å². The average Bonchev–Trinajstić information content (AvgIpc) is 3.11. The Bertz CT molecular complexity index is 737. The number of rotatable bonds is 7. The quantitative estimate of drug-likeness (QED) is 0.693. The number of likely N-dealkylation sites (tertiary alicyclic amines) is 2. The van der Waals surface area contributed by atoms with Gasteiger partial charge in [0.1, 0.15) is 0 Å². The summed E-state index contributed by atoms with van der Waals surface area (Å²) in [5.74, 6) is 1.38. The van der Waals surface area contributed by atoms with E-state index in [1.165, 1.54) is 0 Å². The number of benzene rings is 1. The minimum Gasteiger partial charge on any atom is -0.493 e. The predicted octanol–water partition coefficient (Wildman–Crippen LogP) is 1.65. The first-order valence-electron chi connectivity index (χ1n) is 10.4. The van der Waals surface area contributed by atoms with Gasteiger partial charge < -0.3 is 24.2 Å². The summed E-state index contributed by atoms with van der Waals surface area (Å²) in [7, 11) is 7.35. The zero-order valence-electron chi connectivity index (χ0n) is 18.0. The van der Waals surface area contributed by atoms with Crippen LogP contribution in [0.3, 0.4) is 0 Å². The van der Waals surface area contributed by atoms with Gasteiger partial charge in [-0.2, -0.15) is 0 Å². The van der Waals surface area contributed by atoms with Crippen molar-refractivity contribution in [3.8, 4) is 11.5 Å². The number of ether oxygens (including phenoxy) is 2. The molecule has 0 radical (unpaired) electrons. The molecule has 0 N–H and O–H groups in total. The number of nitrogens with zero attached hydrogens (tertiary/aromatic N) is 3. The molecule has 1 aromatic rings. The van der Waals surface area contributed by atoms with Crippen molar-refractivity contribution >= 4 is 11.8 Å². The zero-order chi connectivity index (χ0) is 21.0. The van der Waals surface area contributed by atoms with E-state index >= 15 is 0 Å². The first-order chi connectivity index (χ1) is 13.9. The number of hydrogen-bond donors (Lipinski definition) is 0. The van der Waals surface area contributed by atoms with E-state index in [1.54, 1.807) is 14.2 Å². The molecule has 0 saturated carbocycles. The molecule has 0 aromatic heterocycles. The van der Waals surface area contributed by atoms with Crippen LogP contribution in [0.4, 0.5) is 0 Å². The Kier molecular flexibility index (Phi) is 7.00. The van der Waals surface area contributed by atoms with E-state index in [9.17, 15) is 9.59 Å². The summed E-state index contributed by atoms with van der Waals surface area (Å²) in [5.41, 5.74) is 1.08. The molecule has 2 aliphatic heterocycles. The Morgan fingerprint density at radius 3 is 2.62 bits per heavy atom. The standard InChI is InChI=1S/C22H33N3O4/c1-23(2)18-6-5-10-25(15-18)22(27)17-13-21(26)24(14-17)11-9-16-7-8-19(28-3)20(12-16)29-4/h7-8,12,17-18H,5-6,9-11,13-15H2,1-4H3. The van der Waals surface area contributed by atoms with Crippen molar-refractivity contribution in [1.82, 2.24) is 14.7 Å². The Labute approximate surface area is 173 Å². The highest BCUT2D eigenvalue weighted by atomic mass is 16.5. The number of piperidine rings is 1. The number of amides is 2. The maximum atomic E-state index is 13.0. The van der Waals surface area contributed by atoms with Gasteiger partial charge in [-0.25, -0.2) is 0 Å². The topological polar surface area (TPSA) is 62.3 Å². The monoisotopic (exact) mass is 403 g/mol. The first-order valence-corrected chi connectivity index (χ1v) is 10.4. The second-order valence-corrected chi connectivity index (χ2v) is 8.22. The van der Waals surface area contributed by atoms with Crippen LogP contribution in [-0.2, 0) is 16.0 Å². The van der Waals surface area contributed by atoms with Crippen LogP contribution >= 0.6 is 0 Å². The van der Waals surface area contributed by atoms with Crippen molar-refractivity contribution in [2.45, 2.75) is 31.7 Å². The lowest BCUT2D eigenvalue weighted by atomic mass is 10.0. The highest BCUT2D eigenvalue weighted by Gasteiger charge is 2.37. The molecular formula is C22H33N3O4. The summed E-state index contributed by atoms with van der Waals surface area (Å²) in [6.45, 7) is 2.70. The van der Waals surface area contributed by atoms with Crippen LogP contribution in [0.25, 0.3) is 0 Å². The summed E-state index contributed by atoms with van der Waals surface area (Å²) in [6.07, 6.45) is 3.20. The lowest BCUT2D eigenvalue weighted by molar-refractivity contribution is -0.137. The number of carbonyl (C=O) groups is 2. The summed E-state index contributed by atoms with van der Waals surface area (Å²) in [5, 5.41) is 0. The molecule has 0 spiro atoms. The molecule has 2 atom stereocenters. The van der Waals surface area contributed by atoms with Crippen LogP contribution in [0.5, 0.6) is 11.5 Å². The molecular weight excluding hydrogens is 370 g/mol. The molecule has 160 valence electrons. The molecule has 1 aromatic carbocycles. The fourth-order valence-electron chi connectivity index (χ4n) is 4.29. The van der Waals surface area contributed by atoms with E-state index < -0.39 is 0 Å². The minimum atomic E-state index is -0.214. The Balaban J connectivity index is 1.55. The SMILES string of the molecule is COc1ccc(CCN2CC(C(=O)N3CCCC(N(C)C)C3)CC2=O)cc1OC. The van der Waals surface area contributed by atoms with Gasteiger partial charge in [-0.3, -0.25) is 9.59 Å². The van der Waals surface area contributed by atoms with Crippen LogP contribution < -0.4 is 9.47 Å². The van der Waals surface area contributed by atoms with Crippen LogP contribution in [0.1, 0.15) is 24.8 Å². The van der Waals surface area contributed by atoms with E-state index in [0.29, 0.717) is 37.1 Å². The molecule has 3 rings (SSSR count). The van der Waals surface area contributed by atoms with Gasteiger partial charge in [0.15, 0.2) is 11.5 Å². The van der Waals surface area contributed by atoms with Crippen molar-refractivity contribution in [3.63, 3.8) is 0 Å². The van der Waals surface area contributed by atoms with Gasteiger partial charge in [-0.1, -0.05) is 6.07 Å².